The summed E-state index contributed by atoms with van der Waals surface area (Å²) in [6.07, 6.45) is 2.77. The van der Waals surface area contributed by atoms with E-state index in [2.05, 4.69) is 4.90 Å². The summed E-state index contributed by atoms with van der Waals surface area (Å²) in [7, 11) is 0. The zero-order valence-corrected chi connectivity index (χ0v) is 16.9. The lowest BCUT2D eigenvalue weighted by Crippen LogP contribution is -2.39. The van der Waals surface area contributed by atoms with Gasteiger partial charge in [-0.05, 0) is 37.0 Å². The number of anilines is 2. The van der Waals surface area contributed by atoms with Crippen molar-refractivity contribution in [2.24, 2.45) is 0 Å². The highest BCUT2D eigenvalue weighted by Gasteiger charge is 2.31. The average molecular weight is 415 g/mol. The molecule has 1 saturated carbocycles. The number of hydrogen-bond donors (Lipinski definition) is 0. The molecule has 3 heterocycles. The van der Waals surface area contributed by atoms with Gasteiger partial charge in [-0.15, -0.1) is 0 Å². The van der Waals surface area contributed by atoms with Crippen LogP contribution < -0.4 is 15.4 Å². The molecule has 1 aromatic carbocycles. The summed E-state index contributed by atoms with van der Waals surface area (Å²) in [5.41, 5.74) is 1.81. The number of ether oxygens (including phenoxy) is 1. The zero-order chi connectivity index (χ0) is 20.0. The lowest BCUT2D eigenvalue weighted by Gasteiger charge is -2.28. The lowest BCUT2D eigenvalue weighted by atomic mass is 10.2. The van der Waals surface area contributed by atoms with Gasteiger partial charge in [-0.1, -0.05) is 17.7 Å². The second-order valence-corrected chi connectivity index (χ2v) is 8.19. The molecule has 2 aliphatic heterocycles. The van der Waals surface area contributed by atoms with Crippen molar-refractivity contribution in [1.82, 2.24) is 9.55 Å². The van der Waals surface area contributed by atoms with Crippen LogP contribution in [0.25, 0.3) is 0 Å². The highest BCUT2D eigenvalue weighted by Crippen LogP contribution is 2.36. The zero-order valence-electron chi connectivity index (χ0n) is 16.1. The molecule has 0 atom stereocenters. The van der Waals surface area contributed by atoms with Crippen molar-refractivity contribution < 1.29 is 9.53 Å². The van der Waals surface area contributed by atoms with Gasteiger partial charge in [0, 0.05) is 42.5 Å². The molecular weight excluding hydrogens is 392 g/mol. The van der Waals surface area contributed by atoms with E-state index >= 15 is 0 Å². The van der Waals surface area contributed by atoms with Crippen LogP contribution in [0.2, 0.25) is 5.02 Å². The Kier molecular flexibility index (Phi) is 4.80. The fourth-order valence-electron chi connectivity index (χ4n) is 4.21. The van der Waals surface area contributed by atoms with E-state index in [1.807, 2.05) is 18.2 Å². The number of amides is 1. The summed E-state index contributed by atoms with van der Waals surface area (Å²) < 4.78 is 7.12. The van der Waals surface area contributed by atoms with E-state index in [-0.39, 0.29) is 23.9 Å². The van der Waals surface area contributed by atoms with Crippen LogP contribution >= 0.6 is 11.6 Å². The first-order valence-corrected chi connectivity index (χ1v) is 10.5. The Morgan fingerprint density at radius 1 is 1.21 bits per heavy atom. The van der Waals surface area contributed by atoms with Gasteiger partial charge in [-0.3, -0.25) is 14.2 Å². The molecular formula is C21H23ClN4O3. The number of morpholine rings is 1. The third-order valence-electron chi connectivity index (χ3n) is 5.84. The number of rotatable bonds is 4. The van der Waals surface area contributed by atoms with Gasteiger partial charge >= 0.3 is 0 Å². The Bertz CT molecular complexity index is 1010. The van der Waals surface area contributed by atoms with E-state index in [0.717, 1.165) is 30.5 Å². The maximum atomic E-state index is 13.2. The number of nitrogens with zero attached hydrogens (tertiary/aromatic N) is 4. The SMILES string of the molecule is O=C(Cc1nc(N2CCOCC2)cc(=O)n1C1CC1)N1CCc2c(Cl)cccc21. The van der Waals surface area contributed by atoms with Crippen molar-refractivity contribution in [3.8, 4) is 0 Å². The smallest absolute Gasteiger partial charge is 0.255 e. The fourth-order valence-corrected chi connectivity index (χ4v) is 4.47. The van der Waals surface area contributed by atoms with Gasteiger partial charge in [0.25, 0.3) is 5.56 Å². The molecule has 29 heavy (non-hydrogen) atoms. The molecule has 8 heteroatoms. The number of carbonyl (C=O) groups is 1. The van der Waals surface area contributed by atoms with Gasteiger partial charge in [0.2, 0.25) is 5.91 Å². The minimum atomic E-state index is -0.0725. The number of carbonyl (C=O) groups excluding carboxylic acids is 1. The topological polar surface area (TPSA) is 67.7 Å². The summed E-state index contributed by atoms with van der Waals surface area (Å²) >= 11 is 6.29. The van der Waals surface area contributed by atoms with Gasteiger partial charge in [-0.25, -0.2) is 4.98 Å². The van der Waals surface area contributed by atoms with E-state index in [9.17, 15) is 9.59 Å². The van der Waals surface area contributed by atoms with Gasteiger partial charge in [0.1, 0.15) is 11.6 Å². The maximum absolute atomic E-state index is 13.2. The van der Waals surface area contributed by atoms with Gasteiger partial charge in [-0.2, -0.15) is 0 Å². The summed E-state index contributed by atoms with van der Waals surface area (Å²) in [6, 6.07) is 7.41. The standard InChI is InChI=1S/C21H23ClN4O3/c22-16-2-1-3-17-15(16)6-7-25(17)20(27)13-19-23-18(24-8-10-29-11-9-24)12-21(28)26(19)14-4-5-14/h1-3,12,14H,4-11,13H2. The molecule has 2 aromatic rings. The summed E-state index contributed by atoms with van der Waals surface area (Å²) in [6.45, 7) is 3.24. The van der Waals surface area contributed by atoms with E-state index in [1.165, 1.54) is 0 Å². The molecule has 0 N–H and O–H groups in total. The third kappa shape index (κ3) is 3.53. The predicted molar refractivity (Wildman–Crippen MR) is 111 cm³/mol. The summed E-state index contributed by atoms with van der Waals surface area (Å²) in [5, 5.41) is 0.695. The largest absolute Gasteiger partial charge is 0.378 e. The van der Waals surface area contributed by atoms with E-state index in [0.29, 0.717) is 49.5 Å². The summed E-state index contributed by atoms with van der Waals surface area (Å²) in [5.74, 6) is 1.15. The minimum Gasteiger partial charge on any atom is -0.378 e. The van der Waals surface area contributed by atoms with Crippen molar-refractivity contribution in [3.05, 3.63) is 51.0 Å². The number of fused-ring (bicyclic) bond motifs is 1. The van der Waals surface area contributed by atoms with Crippen molar-refractivity contribution in [2.75, 3.05) is 42.6 Å². The first kappa shape index (κ1) is 18.6. The molecule has 2 fully saturated rings. The van der Waals surface area contributed by atoms with Gasteiger partial charge < -0.3 is 14.5 Å². The third-order valence-corrected chi connectivity index (χ3v) is 6.19. The fraction of sp³-hybridized carbons (Fsp3) is 0.476. The van der Waals surface area contributed by atoms with E-state index in [4.69, 9.17) is 21.3 Å². The first-order valence-electron chi connectivity index (χ1n) is 10.1. The van der Waals surface area contributed by atoms with Crippen LogP contribution in [0, 0.1) is 0 Å². The number of benzene rings is 1. The molecule has 7 nitrogen and oxygen atoms in total. The Balaban J connectivity index is 1.46. The van der Waals surface area contributed by atoms with Crippen LogP contribution in [0.5, 0.6) is 0 Å². The normalized spacial score (nSPS) is 18.8. The Morgan fingerprint density at radius 2 is 2.00 bits per heavy atom. The number of aromatic nitrogens is 2. The Labute approximate surface area is 173 Å². The predicted octanol–water partition coefficient (Wildman–Crippen LogP) is 2.20. The lowest BCUT2D eigenvalue weighted by molar-refractivity contribution is -0.118. The molecule has 0 radical (unpaired) electrons. The van der Waals surface area contributed by atoms with Gasteiger partial charge in [0.15, 0.2) is 0 Å². The second kappa shape index (κ2) is 7.46. The molecule has 0 spiro atoms. The molecule has 3 aliphatic rings. The van der Waals surface area contributed by atoms with Crippen molar-refractivity contribution >= 4 is 29.0 Å². The minimum absolute atomic E-state index is 0.0496. The first-order chi connectivity index (χ1) is 14.1. The summed E-state index contributed by atoms with van der Waals surface area (Å²) in [4.78, 5) is 34.6. The van der Waals surface area contributed by atoms with E-state index in [1.54, 1.807) is 15.5 Å². The molecule has 5 rings (SSSR count). The average Bonchev–Trinajstić information content (AvgIpc) is 3.45. The Morgan fingerprint density at radius 3 is 2.76 bits per heavy atom. The van der Waals surface area contributed by atoms with Crippen LogP contribution in [0.1, 0.15) is 30.3 Å². The molecule has 152 valence electrons. The number of halogens is 1. The Hall–Kier alpha value is -2.38. The molecule has 1 amide bonds. The second-order valence-electron chi connectivity index (χ2n) is 7.78. The van der Waals surface area contributed by atoms with Gasteiger partial charge in [0.05, 0.1) is 19.6 Å². The molecule has 1 saturated heterocycles. The molecule has 0 bridgehead atoms. The monoisotopic (exact) mass is 414 g/mol. The van der Waals surface area contributed by atoms with Crippen LogP contribution in [0.4, 0.5) is 11.5 Å². The molecule has 0 unspecified atom stereocenters. The van der Waals surface area contributed by atoms with Crippen molar-refractivity contribution in [3.63, 3.8) is 0 Å². The highest BCUT2D eigenvalue weighted by molar-refractivity contribution is 6.32. The van der Waals surface area contributed by atoms with E-state index < -0.39 is 0 Å². The highest BCUT2D eigenvalue weighted by atomic mass is 35.5. The maximum Gasteiger partial charge on any atom is 0.255 e. The van der Waals surface area contributed by atoms with Crippen LogP contribution in [0.3, 0.4) is 0 Å². The van der Waals surface area contributed by atoms with Crippen LogP contribution in [0.15, 0.2) is 29.1 Å². The van der Waals surface area contributed by atoms with Crippen LogP contribution in [-0.2, 0) is 22.4 Å². The van der Waals surface area contributed by atoms with Crippen LogP contribution in [-0.4, -0.2) is 48.3 Å². The van der Waals surface area contributed by atoms with Crippen molar-refractivity contribution in [1.29, 1.82) is 0 Å². The molecule has 1 aromatic heterocycles. The van der Waals surface area contributed by atoms with Crippen molar-refractivity contribution in [2.45, 2.75) is 31.7 Å². The quantitative estimate of drug-likeness (QED) is 0.767. The molecule has 1 aliphatic carbocycles. The number of hydrogen-bond acceptors (Lipinski definition) is 5.